The zero-order chi connectivity index (χ0) is 46.1. The van der Waals surface area contributed by atoms with Crippen molar-refractivity contribution in [3.05, 3.63) is 0 Å². The minimum absolute atomic E-state index is 0.130. The molecule has 0 radical (unpaired) electrons. The molecule has 0 saturated carbocycles. The van der Waals surface area contributed by atoms with E-state index < -0.39 is 11.4 Å². The van der Waals surface area contributed by atoms with Crippen molar-refractivity contribution >= 4 is 29.8 Å². The van der Waals surface area contributed by atoms with Crippen LogP contribution in [-0.4, -0.2) is 88.4 Å². The van der Waals surface area contributed by atoms with Crippen LogP contribution in [0, 0.1) is 17.3 Å². The molecule has 11 heteroatoms. The number of unbranched alkanes of at least 4 members (excludes halogenated alkanes) is 15. The Morgan fingerprint density at radius 2 is 0.694 bits per heavy atom. The molecule has 0 fully saturated rings. The van der Waals surface area contributed by atoms with Crippen LogP contribution in [0.15, 0.2) is 0 Å². The predicted octanol–water partition coefficient (Wildman–Crippen LogP) is 12.3. The topological polar surface area (TPSA) is 135 Å². The molecule has 0 bridgehead atoms. The number of hydrogen-bond donors (Lipinski definition) is 0. The molecule has 0 heterocycles. The fraction of sp³-hybridized carbons (Fsp3) is 0.902. The molecule has 364 valence electrons. The van der Waals surface area contributed by atoms with E-state index in [4.69, 9.17) is 23.7 Å². The Labute approximate surface area is 379 Å². The van der Waals surface area contributed by atoms with Crippen LogP contribution in [0.2, 0.25) is 0 Å². The molecule has 0 unspecified atom stereocenters. The lowest BCUT2D eigenvalue weighted by Gasteiger charge is -2.32. The number of esters is 5. The molecule has 0 amide bonds. The molecule has 11 nitrogen and oxygen atoms in total. The highest BCUT2D eigenvalue weighted by molar-refractivity contribution is 5.71. The molecule has 0 rings (SSSR count). The number of ether oxygens (including phenoxy) is 5. The van der Waals surface area contributed by atoms with Gasteiger partial charge >= 0.3 is 29.8 Å². The van der Waals surface area contributed by atoms with Gasteiger partial charge < -0.3 is 28.6 Å². The monoisotopic (exact) mass is 882 g/mol. The maximum atomic E-state index is 13.6. The molecule has 0 atom stereocenters. The molecule has 0 N–H and O–H groups in total. The Morgan fingerprint density at radius 1 is 0.387 bits per heavy atom. The first-order valence-electron chi connectivity index (χ1n) is 25.4. The minimum atomic E-state index is -1.26. The third kappa shape index (κ3) is 35.7. The maximum absolute atomic E-state index is 13.6. The fourth-order valence-electron chi connectivity index (χ4n) is 7.72. The summed E-state index contributed by atoms with van der Waals surface area (Å²) in [6, 6.07) is 0. The summed E-state index contributed by atoms with van der Waals surface area (Å²) in [5.41, 5.74) is -1.26. The minimum Gasteiger partial charge on any atom is -0.466 e. The summed E-state index contributed by atoms with van der Waals surface area (Å²) in [7, 11) is 3.89. The number of carbonyl (C=O) groups excluding carboxylic acids is 5. The van der Waals surface area contributed by atoms with Crippen LogP contribution in [0.3, 0.4) is 0 Å². The van der Waals surface area contributed by atoms with Crippen LogP contribution in [0.25, 0.3) is 0 Å². The average molecular weight is 882 g/mol. The average Bonchev–Trinajstić information content (AvgIpc) is 3.24. The molecule has 0 aromatic heterocycles. The highest BCUT2D eigenvalue weighted by atomic mass is 16.6. The van der Waals surface area contributed by atoms with E-state index >= 15 is 0 Å². The Morgan fingerprint density at radius 3 is 1.02 bits per heavy atom. The van der Waals surface area contributed by atoms with Crippen molar-refractivity contribution in [2.75, 3.05) is 53.7 Å². The van der Waals surface area contributed by atoms with Gasteiger partial charge in [-0.1, -0.05) is 143 Å². The first kappa shape index (κ1) is 59.3. The smallest absolute Gasteiger partial charge is 0.306 e. The van der Waals surface area contributed by atoms with Gasteiger partial charge in [-0.15, -0.1) is 0 Å². The van der Waals surface area contributed by atoms with E-state index in [9.17, 15) is 24.0 Å². The summed E-state index contributed by atoms with van der Waals surface area (Å²) in [5, 5.41) is 0. The van der Waals surface area contributed by atoms with Gasteiger partial charge in [0.2, 0.25) is 0 Å². The second-order valence-electron chi connectivity index (χ2n) is 18.3. The molecule has 0 spiro atoms. The second kappa shape index (κ2) is 41.0. The van der Waals surface area contributed by atoms with Gasteiger partial charge in [-0.25, -0.2) is 0 Å². The molecule has 0 saturated heterocycles. The zero-order valence-electron chi connectivity index (χ0n) is 41.1. The SMILES string of the molecule is CCCCCC(CCCCC)CC(=O)OCC(COC(=O)CCCCCCCCCCC(=O)OCC)(COC(=O)CCCN(C)C)COC(=O)CC(CCCCC)CCCCC. The van der Waals surface area contributed by atoms with E-state index in [0.717, 1.165) is 154 Å². The maximum Gasteiger partial charge on any atom is 0.306 e. The number of nitrogens with zero attached hydrogens (tertiary/aromatic N) is 1. The van der Waals surface area contributed by atoms with E-state index in [-0.39, 0.29) is 87.8 Å². The Balaban J connectivity index is 5.95. The van der Waals surface area contributed by atoms with Crippen LogP contribution < -0.4 is 0 Å². The van der Waals surface area contributed by atoms with Gasteiger partial charge in [-0.2, -0.15) is 0 Å². The largest absolute Gasteiger partial charge is 0.466 e. The summed E-state index contributed by atoms with van der Waals surface area (Å²) in [5.74, 6) is -1.17. The molecule has 0 aromatic carbocycles. The van der Waals surface area contributed by atoms with E-state index in [2.05, 4.69) is 27.7 Å². The van der Waals surface area contributed by atoms with Crippen LogP contribution >= 0.6 is 0 Å². The first-order chi connectivity index (χ1) is 29.9. The number of rotatable bonds is 44. The summed E-state index contributed by atoms with van der Waals surface area (Å²) >= 11 is 0. The lowest BCUT2D eigenvalue weighted by molar-refractivity contribution is -0.171. The fourth-order valence-corrected chi connectivity index (χ4v) is 7.72. The van der Waals surface area contributed by atoms with Gasteiger partial charge in [0.25, 0.3) is 0 Å². The van der Waals surface area contributed by atoms with E-state index in [1.165, 1.54) is 0 Å². The van der Waals surface area contributed by atoms with E-state index in [1.54, 1.807) is 0 Å². The number of hydrogen-bond acceptors (Lipinski definition) is 11. The molecular formula is C51H95NO10. The third-order valence-corrected chi connectivity index (χ3v) is 11.7. The van der Waals surface area contributed by atoms with Gasteiger partial charge in [0.1, 0.15) is 31.8 Å². The standard InChI is InChI=1S/C51H95NO10/c1-8-13-23-30-44(31-24-14-9-2)38-49(56)61-42-51(41-60-48(55)36-29-37-52(6)7,43-62-50(57)39-45(32-25-15-10-3)33-26-16-11-4)40-59-47(54)35-28-22-20-18-17-19-21-27-34-46(53)58-12-5/h44-45H,8-43H2,1-7H3. The summed E-state index contributed by atoms with van der Waals surface area (Å²) in [4.78, 5) is 66.9. The van der Waals surface area contributed by atoms with Gasteiger partial charge in [0.05, 0.1) is 6.61 Å². The third-order valence-electron chi connectivity index (χ3n) is 11.7. The zero-order valence-corrected chi connectivity index (χ0v) is 41.1. The van der Waals surface area contributed by atoms with Gasteiger partial charge in [-0.3, -0.25) is 24.0 Å². The lowest BCUT2D eigenvalue weighted by Crippen LogP contribution is -2.44. The second-order valence-corrected chi connectivity index (χ2v) is 18.3. The highest BCUT2D eigenvalue weighted by Crippen LogP contribution is 2.27. The normalized spacial score (nSPS) is 11.6. The van der Waals surface area contributed by atoms with E-state index in [0.29, 0.717) is 25.9 Å². The van der Waals surface area contributed by atoms with Gasteiger partial charge in [0, 0.05) is 32.1 Å². The molecule has 0 aliphatic heterocycles. The van der Waals surface area contributed by atoms with Gasteiger partial charge in [-0.05, 0) is 84.3 Å². The molecule has 0 aliphatic carbocycles. The van der Waals surface area contributed by atoms with Gasteiger partial charge in [0.15, 0.2) is 0 Å². The lowest BCUT2D eigenvalue weighted by atomic mass is 9.90. The predicted molar refractivity (Wildman–Crippen MR) is 250 cm³/mol. The molecular weight excluding hydrogens is 787 g/mol. The van der Waals surface area contributed by atoms with Crippen molar-refractivity contribution in [2.24, 2.45) is 17.3 Å². The van der Waals surface area contributed by atoms with Crippen molar-refractivity contribution in [3.8, 4) is 0 Å². The van der Waals surface area contributed by atoms with Crippen LogP contribution in [0.5, 0.6) is 0 Å². The van der Waals surface area contributed by atoms with E-state index in [1.807, 2.05) is 25.9 Å². The van der Waals surface area contributed by atoms with Crippen molar-refractivity contribution in [1.29, 1.82) is 0 Å². The Bertz CT molecular complexity index is 1070. The van der Waals surface area contributed by atoms with Crippen LogP contribution in [0.1, 0.15) is 227 Å². The quantitative estimate of drug-likeness (QED) is 0.0329. The summed E-state index contributed by atoms with van der Waals surface area (Å²) < 4.78 is 28.8. The number of carbonyl (C=O) groups is 5. The Hall–Kier alpha value is -2.69. The van der Waals surface area contributed by atoms with Crippen LogP contribution in [0.4, 0.5) is 0 Å². The van der Waals surface area contributed by atoms with Crippen molar-refractivity contribution in [1.82, 2.24) is 4.90 Å². The highest BCUT2D eigenvalue weighted by Gasteiger charge is 2.38. The summed E-state index contributed by atoms with van der Waals surface area (Å²) in [6.07, 6.45) is 26.8. The molecule has 0 aliphatic rings. The molecule has 62 heavy (non-hydrogen) atoms. The first-order valence-corrected chi connectivity index (χ1v) is 25.4. The van der Waals surface area contributed by atoms with Crippen molar-refractivity contribution in [2.45, 2.75) is 227 Å². The Kier molecular flexibility index (Phi) is 39.3. The summed E-state index contributed by atoms with van der Waals surface area (Å²) in [6.45, 7) is 10.8. The molecule has 0 aromatic rings. The van der Waals surface area contributed by atoms with Crippen molar-refractivity contribution in [3.63, 3.8) is 0 Å². The van der Waals surface area contributed by atoms with Crippen molar-refractivity contribution < 1.29 is 47.7 Å². The van der Waals surface area contributed by atoms with Crippen LogP contribution in [-0.2, 0) is 47.7 Å².